The molecular weight excluding hydrogens is 530 g/mol. The van der Waals surface area contributed by atoms with Gasteiger partial charge in [0.25, 0.3) is 0 Å². The van der Waals surface area contributed by atoms with Gasteiger partial charge in [0.15, 0.2) is 0 Å². The molecule has 1 aliphatic carbocycles. The minimum Gasteiger partial charge on any atom is -0.248 e. The van der Waals surface area contributed by atoms with Crippen LogP contribution in [0, 0.1) is 0 Å². The van der Waals surface area contributed by atoms with Crippen LogP contribution in [0.15, 0.2) is 158 Å². The third kappa shape index (κ3) is 4.93. The van der Waals surface area contributed by atoms with E-state index in [1.165, 1.54) is 49.7 Å². The Labute approximate surface area is 258 Å². The molecule has 0 saturated carbocycles. The average molecular weight is 562 g/mol. The summed E-state index contributed by atoms with van der Waals surface area (Å²) in [6, 6.07) is 54.6. The number of rotatable bonds is 5. The van der Waals surface area contributed by atoms with Gasteiger partial charge in [0.05, 0.1) is 11.4 Å². The molecule has 1 nitrogen and oxygen atoms in total. The van der Waals surface area contributed by atoms with Crippen molar-refractivity contribution in [1.29, 1.82) is 0 Å². The zero-order chi connectivity index (χ0) is 29.3. The third-order valence-electron chi connectivity index (χ3n) is 8.73. The maximum Gasteiger partial charge on any atom is 0.0715 e. The van der Waals surface area contributed by atoms with Crippen LogP contribution in [0.3, 0.4) is 0 Å². The van der Waals surface area contributed by atoms with Gasteiger partial charge in [-0.05, 0) is 92.4 Å². The van der Waals surface area contributed by atoms with Crippen molar-refractivity contribution < 1.29 is 0 Å². The maximum absolute atomic E-state index is 5.31. The van der Waals surface area contributed by atoms with Crippen LogP contribution in [0.25, 0.3) is 72.7 Å². The van der Waals surface area contributed by atoms with Crippen molar-refractivity contribution in [3.8, 4) is 55.9 Å². The number of aromatic nitrogens is 1. The Kier molecular flexibility index (Phi) is 6.70. The van der Waals surface area contributed by atoms with Crippen molar-refractivity contribution in [3.05, 3.63) is 169 Å². The van der Waals surface area contributed by atoms with E-state index in [0.717, 1.165) is 40.9 Å². The molecule has 0 radical (unpaired) electrons. The number of fused-ring (bicyclic) bond motifs is 2. The summed E-state index contributed by atoms with van der Waals surface area (Å²) in [6.07, 6.45) is 6.70. The van der Waals surface area contributed by atoms with Crippen LogP contribution in [0.2, 0.25) is 0 Å². The van der Waals surface area contributed by atoms with Crippen molar-refractivity contribution in [3.63, 3.8) is 0 Å². The van der Waals surface area contributed by atoms with Crippen molar-refractivity contribution in [2.45, 2.75) is 12.8 Å². The molecule has 1 heterocycles. The number of benzene rings is 6. The average Bonchev–Trinajstić information content (AvgIpc) is 3.11. The first-order valence-corrected chi connectivity index (χ1v) is 15.4. The molecule has 0 unspecified atom stereocenters. The molecule has 1 aliphatic rings. The second-order valence-corrected chi connectivity index (χ2v) is 11.5. The number of pyridine rings is 1. The van der Waals surface area contributed by atoms with Gasteiger partial charge in [-0.1, -0.05) is 140 Å². The molecular formula is C43H31N. The van der Waals surface area contributed by atoms with Gasteiger partial charge in [-0.25, -0.2) is 4.98 Å². The molecule has 0 atom stereocenters. The van der Waals surface area contributed by atoms with Crippen LogP contribution in [0.4, 0.5) is 0 Å². The highest BCUT2D eigenvalue weighted by Crippen LogP contribution is 2.36. The smallest absolute Gasteiger partial charge is 0.0715 e. The molecule has 0 bridgehead atoms. The summed E-state index contributed by atoms with van der Waals surface area (Å²) < 4.78 is 0. The lowest BCUT2D eigenvalue weighted by molar-refractivity contribution is 0.988. The van der Waals surface area contributed by atoms with Gasteiger partial charge in [-0.3, -0.25) is 0 Å². The monoisotopic (exact) mass is 561 g/mol. The highest BCUT2D eigenvalue weighted by atomic mass is 14.7. The standard InChI is InChI=1S/C43H31N/c1-2-12-30(13-3-1)37-28-42(35-20-8-18-33(26-35)40-24-10-16-31-14-4-6-22-38(31)40)44-43(29-37)36-21-9-19-34(27-36)41-25-11-17-32-15-5-7-23-39(32)41/h1-6,8-22,24-29H,7,23H2. The van der Waals surface area contributed by atoms with Crippen LogP contribution in [0.5, 0.6) is 0 Å². The third-order valence-corrected chi connectivity index (χ3v) is 8.73. The molecule has 0 spiro atoms. The van der Waals surface area contributed by atoms with Gasteiger partial charge in [0.2, 0.25) is 0 Å². The van der Waals surface area contributed by atoms with E-state index in [1.807, 2.05) is 0 Å². The summed E-state index contributed by atoms with van der Waals surface area (Å²) in [7, 11) is 0. The van der Waals surface area contributed by atoms with Gasteiger partial charge in [-0.2, -0.15) is 0 Å². The van der Waals surface area contributed by atoms with Crippen molar-refractivity contribution in [2.75, 3.05) is 0 Å². The van der Waals surface area contributed by atoms with Crippen LogP contribution in [0.1, 0.15) is 17.5 Å². The Bertz CT molecular complexity index is 2170. The lowest BCUT2D eigenvalue weighted by Gasteiger charge is -2.17. The Balaban J connectivity index is 1.27. The molecule has 0 aliphatic heterocycles. The van der Waals surface area contributed by atoms with E-state index in [9.17, 15) is 0 Å². The van der Waals surface area contributed by atoms with E-state index in [0.29, 0.717) is 0 Å². The molecule has 0 fully saturated rings. The molecule has 7 aromatic rings. The Morgan fingerprint density at radius 1 is 0.432 bits per heavy atom. The van der Waals surface area contributed by atoms with Gasteiger partial charge in [0, 0.05) is 11.1 Å². The largest absolute Gasteiger partial charge is 0.248 e. The lowest BCUT2D eigenvalue weighted by atomic mass is 9.88. The molecule has 0 N–H and O–H groups in total. The van der Waals surface area contributed by atoms with E-state index in [-0.39, 0.29) is 0 Å². The fourth-order valence-corrected chi connectivity index (χ4v) is 6.54. The first-order valence-electron chi connectivity index (χ1n) is 15.4. The molecule has 0 amide bonds. The topological polar surface area (TPSA) is 12.9 Å². The molecule has 208 valence electrons. The van der Waals surface area contributed by atoms with Crippen molar-refractivity contribution in [1.82, 2.24) is 4.98 Å². The normalized spacial score (nSPS) is 12.3. The summed E-state index contributed by atoms with van der Waals surface area (Å²) in [6.45, 7) is 0. The zero-order valence-electron chi connectivity index (χ0n) is 24.4. The zero-order valence-corrected chi connectivity index (χ0v) is 24.4. The molecule has 0 saturated heterocycles. The molecule has 44 heavy (non-hydrogen) atoms. The van der Waals surface area contributed by atoms with E-state index in [1.54, 1.807) is 0 Å². The summed E-state index contributed by atoms with van der Waals surface area (Å²) in [5, 5.41) is 2.51. The fourth-order valence-electron chi connectivity index (χ4n) is 6.54. The number of nitrogens with zero attached hydrogens (tertiary/aromatic N) is 1. The summed E-state index contributed by atoms with van der Waals surface area (Å²) in [5.74, 6) is 0. The Morgan fingerprint density at radius 3 is 1.82 bits per heavy atom. The summed E-state index contributed by atoms with van der Waals surface area (Å²) in [4.78, 5) is 5.31. The SMILES string of the molecule is C1=Cc2cccc(-c3cccc(-c4cc(-c5ccccc5)cc(-c5cccc(-c6cccc7ccccc67)c5)n4)c3)c2CC1. The summed E-state index contributed by atoms with van der Waals surface area (Å²) >= 11 is 0. The van der Waals surface area contributed by atoms with Gasteiger partial charge in [0.1, 0.15) is 0 Å². The van der Waals surface area contributed by atoms with Crippen LogP contribution < -0.4 is 0 Å². The van der Waals surface area contributed by atoms with Crippen LogP contribution in [-0.2, 0) is 6.42 Å². The highest BCUT2D eigenvalue weighted by molar-refractivity contribution is 5.97. The first-order chi connectivity index (χ1) is 21.8. The van der Waals surface area contributed by atoms with E-state index < -0.39 is 0 Å². The van der Waals surface area contributed by atoms with Crippen molar-refractivity contribution >= 4 is 16.8 Å². The number of allylic oxidation sites excluding steroid dienone is 1. The predicted octanol–water partition coefficient (Wildman–Crippen LogP) is 11.5. The Hall–Kier alpha value is -5.53. The first kappa shape index (κ1) is 26.1. The van der Waals surface area contributed by atoms with E-state index in [4.69, 9.17) is 4.98 Å². The van der Waals surface area contributed by atoms with E-state index in [2.05, 4.69) is 164 Å². The minimum atomic E-state index is 0.969. The van der Waals surface area contributed by atoms with E-state index >= 15 is 0 Å². The van der Waals surface area contributed by atoms with Crippen LogP contribution in [-0.4, -0.2) is 4.98 Å². The van der Waals surface area contributed by atoms with Crippen LogP contribution >= 0.6 is 0 Å². The quantitative estimate of drug-likeness (QED) is 0.204. The predicted molar refractivity (Wildman–Crippen MR) is 186 cm³/mol. The molecule has 8 rings (SSSR count). The molecule has 1 aromatic heterocycles. The fraction of sp³-hybridized carbons (Fsp3) is 0.0465. The second-order valence-electron chi connectivity index (χ2n) is 11.5. The minimum absolute atomic E-state index is 0.969. The highest BCUT2D eigenvalue weighted by Gasteiger charge is 2.14. The second kappa shape index (κ2) is 11.3. The van der Waals surface area contributed by atoms with Gasteiger partial charge < -0.3 is 0 Å². The molecule has 1 heteroatoms. The number of hydrogen-bond donors (Lipinski definition) is 0. The maximum atomic E-state index is 5.31. The number of hydrogen-bond acceptors (Lipinski definition) is 1. The van der Waals surface area contributed by atoms with Gasteiger partial charge >= 0.3 is 0 Å². The van der Waals surface area contributed by atoms with Gasteiger partial charge in [-0.15, -0.1) is 0 Å². The summed E-state index contributed by atoms with van der Waals surface area (Å²) in [5.41, 5.74) is 14.3. The molecule has 6 aromatic carbocycles. The van der Waals surface area contributed by atoms with Crippen molar-refractivity contribution in [2.24, 2.45) is 0 Å². The lowest BCUT2D eigenvalue weighted by Crippen LogP contribution is -1.97. The Morgan fingerprint density at radius 2 is 1.02 bits per heavy atom.